The lowest BCUT2D eigenvalue weighted by molar-refractivity contribution is 0.187. The van der Waals surface area contributed by atoms with Crippen molar-refractivity contribution in [3.8, 4) is 0 Å². The fourth-order valence-corrected chi connectivity index (χ4v) is 1.01. The first-order valence-electron chi connectivity index (χ1n) is 4.87. The third-order valence-corrected chi connectivity index (χ3v) is 1.58. The second kappa shape index (κ2) is 4.78. The summed E-state index contributed by atoms with van der Waals surface area (Å²) >= 11 is 0. The van der Waals surface area contributed by atoms with Crippen molar-refractivity contribution in [3.05, 3.63) is 12.1 Å². The molecule has 2 N–H and O–H groups in total. The topological polar surface area (TPSA) is 76.1 Å². The third-order valence-electron chi connectivity index (χ3n) is 1.58. The number of aromatic nitrogens is 2. The second-order valence-corrected chi connectivity index (χ2v) is 4.30. The summed E-state index contributed by atoms with van der Waals surface area (Å²) in [5.41, 5.74) is -0.0774. The Morgan fingerprint density at radius 2 is 1.81 bits per heavy atom. The number of ether oxygens (including phenoxy) is 1. The molecule has 0 radical (unpaired) electrons. The summed E-state index contributed by atoms with van der Waals surface area (Å²) in [6.45, 7) is 6.07. The van der Waals surface area contributed by atoms with Gasteiger partial charge in [0.05, 0.1) is 7.11 Å². The van der Waals surface area contributed by atoms with Crippen molar-refractivity contribution in [3.63, 3.8) is 0 Å². The summed E-state index contributed by atoms with van der Waals surface area (Å²) < 4.78 is 4.43. The van der Waals surface area contributed by atoms with Crippen LogP contribution in [0.1, 0.15) is 20.8 Å². The first kappa shape index (κ1) is 12.2. The normalized spacial score (nSPS) is 10.8. The molecule has 0 bridgehead atoms. The number of hydrogen-bond acceptors (Lipinski definition) is 5. The van der Waals surface area contributed by atoms with Crippen LogP contribution in [0.25, 0.3) is 0 Å². The number of carbonyl (C=O) groups excluding carboxylic acids is 1. The van der Waals surface area contributed by atoms with Crippen LogP contribution in [-0.4, -0.2) is 28.9 Å². The van der Waals surface area contributed by atoms with E-state index in [4.69, 9.17) is 0 Å². The van der Waals surface area contributed by atoms with E-state index >= 15 is 0 Å². The molecule has 6 nitrogen and oxygen atoms in total. The molecule has 0 aliphatic heterocycles. The van der Waals surface area contributed by atoms with Gasteiger partial charge < -0.3 is 10.1 Å². The number of rotatable bonds is 2. The molecule has 1 rings (SSSR count). The quantitative estimate of drug-likeness (QED) is 0.802. The largest absolute Gasteiger partial charge is 0.453 e. The van der Waals surface area contributed by atoms with E-state index < -0.39 is 6.09 Å². The van der Waals surface area contributed by atoms with E-state index in [9.17, 15) is 4.79 Å². The average Bonchev–Trinajstić information content (AvgIpc) is 2.18. The Morgan fingerprint density at radius 1 is 1.25 bits per heavy atom. The van der Waals surface area contributed by atoms with Gasteiger partial charge in [-0.3, -0.25) is 5.32 Å². The van der Waals surface area contributed by atoms with E-state index in [1.165, 1.54) is 7.11 Å². The molecular weight excluding hydrogens is 208 g/mol. The molecule has 1 heterocycles. The summed E-state index contributed by atoms with van der Waals surface area (Å²) in [5.74, 6) is 1.01. The standard InChI is InChI=1S/C10H16N4O2/c1-10(2,3)12-8-6-5-7(13-14-8)11-9(15)16-4/h5-6H,1-4H3,(H,12,14)(H,11,13,15). The van der Waals surface area contributed by atoms with E-state index in [-0.39, 0.29) is 5.54 Å². The molecule has 6 heteroatoms. The Labute approximate surface area is 94.4 Å². The summed E-state index contributed by atoms with van der Waals surface area (Å²) in [7, 11) is 1.29. The Kier molecular flexibility index (Phi) is 3.65. The highest BCUT2D eigenvalue weighted by Crippen LogP contribution is 2.12. The van der Waals surface area contributed by atoms with Gasteiger partial charge in [-0.2, -0.15) is 0 Å². The van der Waals surface area contributed by atoms with E-state index in [0.29, 0.717) is 11.6 Å². The number of anilines is 2. The zero-order chi connectivity index (χ0) is 12.2. The molecular formula is C10H16N4O2. The molecule has 0 aromatic carbocycles. The highest BCUT2D eigenvalue weighted by molar-refractivity contribution is 5.83. The van der Waals surface area contributed by atoms with Gasteiger partial charge in [-0.05, 0) is 32.9 Å². The summed E-state index contributed by atoms with van der Waals surface area (Å²) in [5, 5.41) is 13.3. The van der Waals surface area contributed by atoms with Gasteiger partial charge in [-0.25, -0.2) is 4.79 Å². The predicted octanol–water partition coefficient (Wildman–Crippen LogP) is 1.87. The van der Waals surface area contributed by atoms with E-state index in [1.54, 1.807) is 12.1 Å². The summed E-state index contributed by atoms with van der Waals surface area (Å²) in [6, 6.07) is 3.39. The monoisotopic (exact) mass is 224 g/mol. The van der Waals surface area contributed by atoms with Crippen molar-refractivity contribution in [2.75, 3.05) is 17.7 Å². The van der Waals surface area contributed by atoms with Crippen LogP contribution < -0.4 is 10.6 Å². The Hall–Kier alpha value is -1.85. The van der Waals surface area contributed by atoms with Gasteiger partial charge in [0.2, 0.25) is 0 Å². The van der Waals surface area contributed by atoms with Crippen LogP contribution in [0, 0.1) is 0 Å². The fourth-order valence-electron chi connectivity index (χ4n) is 1.01. The van der Waals surface area contributed by atoms with Gasteiger partial charge >= 0.3 is 6.09 Å². The number of amides is 1. The van der Waals surface area contributed by atoms with Crippen LogP contribution in [0.3, 0.4) is 0 Å². The molecule has 0 unspecified atom stereocenters. The van der Waals surface area contributed by atoms with Gasteiger partial charge in [-0.15, -0.1) is 10.2 Å². The highest BCUT2D eigenvalue weighted by Gasteiger charge is 2.10. The van der Waals surface area contributed by atoms with E-state index in [1.807, 2.05) is 20.8 Å². The average molecular weight is 224 g/mol. The third kappa shape index (κ3) is 4.12. The minimum atomic E-state index is -0.564. The molecule has 1 aromatic heterocycles. The summed E-state index contributed by atoms with van der Waals surface area (Å²) in [4.78, 5) is 10.9. The van der Waals surface area contributed by atoms with Crippen molar-refractivity contribution in [2.45, 2.75) is 26.3 Å². The van der Waals surface area contributed by atoms with Gasteiger partial charge in [0, 0.05) is 5.54 Å². The van der Waals surface area contributed by atoms with E-state index in [2.05, 4.69) is 25.6 Å². The van der Waals surface area contributed by atoms with Crippen LogP contribution in [0.4, 0.5) is 16.4 Å². The Balaban J connectivity index is 2.64. The van der Waals surface area contributed by atoms with Crippen molar-refractivity contribution >= 4 is 17.7 Å². The first-order valence-corrected chi connectivity index (χ1v) is 4.87. The highest BCUT2D eigenvalue weighted by atomic mass is 16.5. The SMILES string of the molecule is COC(=O)Nc1ccc(NC(C)(C)C)nn1. The molecule has 0 fully saturated rings. The smallest absolute Gasteiger partial charge is 0.412 e. The van der Waals surface area contributed by atoms with Crippen molar-refractivity contribution in [1.82, 2.24) is 10.2 Å². The number of carbonyl (C=O) groups is 1. The predicted molar refractivity (Wildman–Crippen MR) is 61.4 cm³/mol. The number of nitrogens with one attached hydrogen (secondary N) is 2. The molecule has 88 valence electrons. The lowest BCUT2D eigenvalue weighted by atomic mass is 10.1. The molecule has 0 saturated carbocycles. The van der Waals surface area contributed by atoms with Crippen LogP contribution in [0.15, 0.2) is 12.1 Å². The van der Waals surface area contributed by atoms with Crippen LogP contribution in [0.2, 0.25) is 0 Å². The molecule has 1 amide bonds. The summed E-state index contributed by atoms with van der Waals surface area (Å²) in [6.07, 6.45) is -0.564. The molecule has 0 aliphatic carbocycles. The van der Waals surface area contributed by atoms with Gasteiger partial charge in [0.15, 0.2) is 5.82 Å². The van der Waals surface area contributed by atoms with Gasteiger partial charge in [0.1, 0.15) is 5.82 Å². The first-order chi connectivity index (χ1) is 7.40. The molecule has 0 spiro atoms. The minimum absolute atomic E-state index is 0.0774. The number of methoxy groups -OCH3 is 1. The maximum absolute atomic E-state index is 10.9. The maximum atomic E-state index is 10.9. The fraction of sp³-hybridized carbons (Fsp3) is 0.500. The molecule has 16 heavy (non-hydrogen) atoms. The molecule has 0 aliphatic rings. The lowest BCUT2D eigenvalue weighted by Crippen LogP contribution is -2.26. The van der Waals surface area contributed by atoms with Crippen molar-refractivity contribution < 1.29 is 9.53 Å². The van der Waals surface area contributed by atoms with Gasteiger partial charge in [0.25, 0.3) is 0 Å². The minimum Gasteiger partial charge on any atom is -0.453 e. The zero-order valence-corrected chi connectivity index (χ0v) is 9.87. The van der Waals surface area contributed by atoms with Crippen LogP contribution in [0.5, 0.6) is 0 Å². The lowest BCUT2D eigenvalue weighted by Gasteiger charge is -2.20. The second-order valence-electron chi connectivity index (χ2n) is 4.30. The van der Waals surface area contributed by atoms with Gasteiger partial charge in [-0.1, -0.05) is 0 Å². The molecule has 0 atom stereocenters. The Bertz CT molecular complexity index is 356. The zero-order valence-electron chi connectivity index (χ0n) is 9.87. The number of nitrogens with zero attached hydrogens (tertiary/aromatic N) is 2. The Morgan fingerprint density at radius 3 is 2.25 bits per heavy atom. The van der Waals surface area contributed by atoms with Crippen molar-refractivity contribution in [2.24, 2.45) is 0 Å². The van der Waals surface area contributed by atoms with Crippen LogP contribution >= 0.6 is 0 Å². The van der Waals surface area contributed by atoms with Crippen LogP contribution in [-0.2, 0) is 4.74 Å². The molecule has 0 saturated heterocycles. The van der Waals surface area contributed by atoms with E-state index in [0.717, 1.165) is 0 Å². The number of hydrogen-bond donors (Lipinski definition) is 2. The molecule has 1 aromatic rings. The maximum Gasteiger partial charge on any atom is 0.412 e. The van der Waals surface area contributed by atoms with Crippen molar-refractivity contribution in [1.29, 1.82) is 0 Å².